The second-order valence-corrected chi connectivity index (χ2v) is 8.74. The summed E-state index contributed by atoms with van der Waals surface area (Å²) in [4.78, 5) is 40.4. The lowest BCUT2D eigenvalue weighted by atomic mass is 9.87. The van der Waals surface area contributed by atoms with Gasteiger partial charge >= 0.3 is 0 Å². The molecule has 2 fully saturated rings. The van der Waals surface area contributed by atoms with Gasteiger partial charge in [0.15, 0.2) is 0 Å². The summed E-state index contributed by atoms with van der Waals surface area (Å²) in [5.41, 5.74) is 9.07. The van der Waals surface area contributed by atoms with E-state index in [1.165, 1.54) is 0 Å². The SMILES string of the molecule is CC(C)C1(N)CCN(Cc2ccc3c(c2)C(=O)N(C2CCC(=O)NC2=O)C3)C1. The molecule has 2 saturated heterocycles. The molecule has 3 aliphatic heterocycles. The van der Waals surface area contributed by atoms with Gasteiger partial charge in [-0.3, -0.25) is 24.6 Å². The molecule has 4 rings (SSSR count). The number of imide groups is 1. The molecule has 0 aliphatic carbocycles. The maximum Gasteiger partial charge on any atom is 0.255 e. The normalized spacial score (nSPS) is 28.2. The minimum atomic E-state index is -0.566. The molecule has 1 aromatic carbocycles. The van der Waals surface area contributed by atoms with Crippen LogP contribution in [0.15, 0.2) is 18.2 Å². The fraction of sp³-hybridized carbons (Fsp3) is 0.571. The van der Waals surface area contributed by atoms with E-state index >= 15 is 0 Å². The van der Waals surface area contributed by atoms with Crippen LogP contribution in [0.3, 0.4) is 0 Å². The number of carbonyl (C=O) groups excluding carboxylic acids is 3. The summed E-state index contributed by atoms with van der Waals surface area (Å²) in [6.07, 6.45) is 1.64. The number of amides is 3. The standard InChI is InChI=1S/C21H28N4O3/c1-13(2)21(22)7-8-24(12-21)10-14-3-4-15-11-25(20(28)16(15)9-14)17-5-6-18(26)23-19(17)27/h3-4,9,13,17H,5-8,10-12,22H2,1-2H3,(H,23,26,27). The van der Waals surface area contributed by atoms with Gasteiger partial charge in [0.2, 0.25) is 11.8 Å². The van der Waals surface area contributed by atoms with Crippen molar-refractivity contribution < 1.29 is 14.4 Å². The summed E-state index contributed by atoms with van der Waals surface area (Å²) >= 11 is 0. The topological polar surface area (TPSA) is 95.7 Å². The highest BCUT2D eigenvalue weighted by atomic mass is 16.2. The van der Waals surface area contributed by atoms with Crippen molar-refractivity contribution in [1.29, 1.82) is 0 Å². The first-order valence-corrected chi connectivity index (χ1v) is 10.0. The van der Waals surface area contributed by atoms with Gasteiger partial charge in [-0.1, -0.05) is 26.0 Å². The minimum absolute atomic E-state index is 0.122. The third-order valence-corrected chi connectivity index (χ3v) is 6.56. The van der Waals surface area contributed by atoms with Crippen LogP contribution < -0.4 is 11.1 Å². The number of likely N-dealkylation sites (tertiary alicyclic amines) is 1. The second-order valence-electron chi connectivity index (χ2n) is 8.74. The van der Waals surface area contributed by atoms with Gasteiger partial charge in [-0.2, -0.15) is 0 Å². The molecule has 1 aromatic rings. The number of carbonyl (C=O) groups is 3. The zero-order valence-corrected chi connectivity index (χ0v) is 16.5. The Morgan fingerprint density at radius 3 is 2.75 bits per heavy atom. The molecule has 0 aromatic heterocycles. The van der Waals surface area contributed by atoms with Gasteiger partial charge in [0.25, 0.3) is 5.91 Å². The van der Waals surface area contributed by atoms with Gasteiger partial charge in [-0.05, 0) is 36.0 Å². The van der Waals surface area contributed by atoms with E-state index in [-0.39, 0.29) is 29.7 Å². The molecule has 3 heterocycles. The quantitative estimate of drug-likeness (QED) is 0.756. The summed E-state index contributed by atoms with van der Waals surface area (Å²) in [6, 6.07) is 5.44. The van der Waals surface area contributed by atoms with E-state index in [1.807, 2.05) is 12.1 Å². The molecule has 28 heavy (non-hydrogen) atoms. The van der Waals surface area contributed by atoms with Crippen LogP contribution in [0.4, 0.5) is 0 Å². The molecule has 3 amide bonds. The zero-order valence-electron chi connectivity index (χ0n) is 16.5. The van der Waals surface area contributed by atoms with Crippen molar-refractivity contribution in [3.63, 3.8) is 0 Å². The third kappa shape index (κ3) is 3.33. The van der Waals surface area contributed by atoms with E-state index in [2.05, 4.69) is 30.1 Å². The molecular weight excluding hydrogens is 356 g/mol. The first kappa shape index (κ1) is 19.1. The fourth-order valence-electron chi connectivity index (χ4n) is 4.51. The Kier molecular flexibility index (Phi) is 4.75. The maximum atomic E-state index is 12.9. The van der Waals surface area contributed by atoms with E-state index < -0.39 is 6.04 Å². The Labute approximate surface area is 165 Å². The van der Waals surface area contributed by atoms with Crippen molar-refractivity contribution in [1.82, 2.24) is 15.1 Å². The van der Waals surface area contributed by atoms with Crippen LogP contribution in [-0.2, 0) is 22.7 Å². The molecule has 0 bridgehead atoms. The molecule has 2 atom stereocenters. The largest absolute Gasteiger partial charge is 0.324 e. The van der Waals surface area contributed by atoms with E-state index in [4.69, 9.17) is 5.73 Å². The third-order valence-electron chi connectivity index (χ3n) is 6.56. The first-order chi connectivity index (χ1) is 13.3. The van der Waals surface area contributed by atoms with Crippen LogP contribution >= 0.6 is 0 Å². The lowest BCUT2D eigenvalue weighted by Crippen LogP contribution is -2.52. The molecule has 0 saturated carbocycles. The molecule has 2 unspecified atom stereocenters. The Morgan fingerprint density at radius 2 is 2.07 bits per heavy atom. The molecule has 0 spiro atoms. The molecule has 7 nitrogen and oxygen atoms in total. The average molecular weight is 384 g/mol. The van der Waals surface area contributed by atoms with Gasteiger partial charge in [-0.15, -0.1) is 0 Å². The lowest BCUT2D eigenvalue weighted by molar-refractivity contribution is -0.136. The molecule has 150 valence electrons. The van der Waals surface area contributed by atoms with Crippen LogP contribution in [0.1, 0.15) is 54.6 Å². The number of fused-ring (bicyclic) bond motifs is 1. The molecule has 7 heteroatoms. The Morgan fingerprint density at radius 1 is 1.29 bits per heavy atom. The van der Waals surface area contributed by atoms with Crippen molar-refractivity contribution in [3.8, 4) is 0 Å². The highest BCUT2D eigenvalue weighted by Crippen LogP contribution is 2.30. The molecule has 3 aliphatic rings. The van der Waals surface area contributed by atoms with Crippen molar-refractivity contribution in [2.45, 2.75) is 57.8 Å². The van der Waals surface area contributed by atoms with Crippen LogP contribution in [-0.4, -0.2) is 52.2 Å². The average Bonchev–Trinajstić information content (AvgIpc) is 3.17. The number of piperidine rings is 1. The van der Waals surface area contributed by atoms with E-state index in [9.17, 15) is 14.4 Å². The summed E-state index contributed by atoms with van der Waals surface area (Å²) < 4.78 is 0. The van der Waals surface area contributed by atoms with Crippen LogP contribution in [0, 0.1) is 5.92 Å². The molecule has 0 radical (unpaired) electrons. The summed E-state index contributed by atoms with van der Waals surface area (Å²) in [5, 5.41) is 2.34. The molecular formula is C21H28N4O3. The van der Waals surface area contributed by atoms with Crippen LogP contribution in [0.2, 0.25) is 0 Å². The van der Waals surface area contributed by atoms with Crippen LogP contribution in [0.25, 0.3) is 0 Å². The van der Waals surface area contributed by atoms with Crippen LogP contribution in [0.5, 0.6) is 0 Å². The number of hydrogen-bond acceptors (Lipinski definition) is 5. The number of benzene rings is 1. The van der Waals surface area contributed by atoms with Gasteiger partial charge in [0.1, 0.15) is 6.04 Å². The Hall–Kier alpha value is -2.25. The Bertz CT molecular complexity index is 837. The monoisotopic (exact) mass is 384 g/mol. The predicted octanol–water partition coefficient (Wildman–Crippen LogP) is 1.01. The van der Waals surface area contributed by atoms with Gasteiger partial charge in [0, 0.05) is 43.7 Å². The molecule has 3 N–H and O–H groups in total. The zero-order chi connectivity index (χ0) is 20.1. The van der Waals surface area contributed by atoms with E-state index in [1.54, 1.807) is 4.90 Å². The minimum Gasteiger partial charge on any atom is -0.324 e. The summed E-state index contributed by atoms with van der Waals surface area (Å²) in [6.45, 7) is 7.34. The summed E-state index contributed by atoms with van der Waals surface area (Å²) in [7, 11) is 0. The van der Waals surface area contributed by atoms with Gasteiger partial charge < -0.3 is 10.6 Å². The van der Waals surface area contributed by atoms with Crippen molar-refractivity contribution in [3.05, 3.63) is 34.9 Å². The lowest BCUT2D eigenvalue weighted by Gasteiger charge is -2.29. The van der Waals surface area contributed by atoms with E-state index in [0.717, 1.165) is 37.2 Å². The number of nitrogens with zero attached hydrogens (tertiary/aromatic N) is 2. The highest BCUT2D eigenvalue weighted by Gasteiger charge is 2.40. The predicted molar refractivity (Wildman–Crippen MR) is 104 cm³/mol. The van der Waals surface area contributed by atoms with Gasteiger partial charge in [-0.25, -0.2) is 0 Å². The first-order valence-electron chi connectivity index (χ1n) is 10.0. The Balaban J connectivity index is 1.46. The second kappa shape index (κ2) is 6.97. The van der Waals surface area contributed by atoms with Gasteiger partial charge in [0.05, 0.1) is 0 Å². The number of nitrogens with one attached hydrogen (secondary N) is 1. The van der Waals surface area contributed by atoms with E-state index in [0.29, 0.717) is 24.4 Å². The number of nitrogens with two attached hydrogens (primary N) is 1. The smallest absolute Gasteiger partial charge is 0.255 e. The highest BCUT2D eigenvalue weighted by molar-refractivity contribution is 6.05. The summed E-state index contributed by atoms with van der Waals surface area (Å²) in [5.74, 6) is -0.331. The number of rotatable bonds is 4. The van der Waals surface area contributed by atoms with Crippen molar-refractivity contribution in [2.24, 2.45) is 11.7 Å². The number of hydrogen-bond donors (Lipinski definition) is 2. The fourth-order valence-corrected chi connectivity index (χ4v) is 4.51. The maximum absolute atomic E-state index is 12.9. The van der Waals surface area contributed by atoms with Crippen molar-refractivity contribution >= 4 is 17.7 Å². The van der Waals surface area contributed by atoms with Crippen molar-refractivity contribution in [2.75, 3.05) is 13.1 Å².